The quantitative estimate of drug-likeness (QED) is 0.227. The number of hydrogen-bond donors (Lipinski definition) is 3. The van der Waals surface area contributed by atoms with Crippen LogP contribution in [0.4, 0.5) is 29.1 Å². The van der Waals surface area contributed by atoms with Crippen LogP contribution in [0.5, 0.6) is 5.88 Å². The van der Waals surface area contributed by atoms with E-state index in [-0.39, 0.29) is 58.3 Å². The zero-order chi connectivity index (χ0) is 28.2. The lowest BCUT2D eigenvalue weighted by Crippen LogP contribution is -2.46. The number of anilines is 2. The van der Waals surface area contributed by atoms with Crippen LogP contribution >= 0.6 is 11.8 Å². The Morgan fingerprint density at radius 3 is 2.82 bits per heavy atom. The molecule has 1 fully saturated rings. The number of amides is 1. The molecule has 2 atom stereocenters. The van der Waals surface area contributed by atoms with Crippen LogP contribution in [0, 0.1) is 11.8 Å². The lowest BCUT2D eigenvalue weighted by molar-refractivity contribution is -0.0327. The van der Waals surface area contributed by atoms with Crippen molar-refractivity contribution in [2.24, 2.45) is 0 Å². The van der Waals surface area contributed by atoms with Gasteiger partial charge >= 0.3 is 5.51 Å². The predicted octanol–water partition coefficient (Wildman–Crippen LogP) is 3.63. The molecule has 0 unspecified atom stereocenters. The topological polar surface area (TPSA) is 95.8 Å². The van der Waals surface area contributed by atoms with Crippen LogP contribution < -0.4 is 20.7 Å². The summed E-state index contributed by atoms with van der Waals surface area (Å²) in [6.07, 6.45) is 0.753. The fourth-order valence-corrected chi connectivity index (χ4v) is 4.82. The van der Waals surface area contributed by atoms with Crippen molar-refractivity contribution in [2.45, 2.75) is 29.0 Å². The van der Waals surface area contributed by atoms with Crippen LogP contribution in [-0.2, 0) is 0 Å². The van der Waals surface area contributed by atoms with Crippen LogP contribution in [0.3, 0.4) is 0 Å². The monoisotopic (exact) mass is 565 g/mol. The summed E-state index contributed by atoms with van der Waals surface area (Å²) in [6.45, 7) is 0.958. The number of ether oxygens (including phenoxy) is 1. The van der Waals surface area contributed by atoms with Gasteiger partial charge in [0.05, 0.1) is 41.4 Å². The molecule has 0 spiro atoms. The SMILES string of the molecule is CNC(=O)c1cnc(OC)c(NCC#Cc2nn3c(N[C@@H]4CCN(C)C[C@@H]4F)cccc3c2SC(F)(F)F)c1. The fourth-order valence-electron chi connectivity index (χ4n) is 4.14. The van der Waals surface area contributed by atoms with E-state index in [0.717, 1.165) is 0 Å². The lowest BCUT2D eigenvalue weighted by Gasteiger charge is -2.33. The molecule has 4 rings (SSSR count). The highest BCUT2D eigenvalue weighted by Gasteiger charge is 2.33. The summed E-state index contributed by atoms with van der Waals surface area (Å²) in [6, 6.07) is 5.78. The maximum absolute atomic E-state index is 14.6. The minimum atomic E-state index is -4.57. The molecule has 1 aliphatic heterocycles. The molecule has 14 heteroatoms. The second-order valence-corrected chi connectivity index (χ2v) is 9.84. The zero-order valence-electron chi connectivity index (χ0n) is 21.4. The zero-order valence-corrected chi connectivity index (χ0v) is 22.2. The molecule has 0 aliphatic carbocycles. The standard InChI is InChI=1S/C25H27F4N7O2S/c1-30-23(37)15-12-19(24(38-3)32-13-15)31-10-5-6-18-22(39-25(27,28)29)20-7-4-8-21(36(20)34-18)33-17-9-11-35(2)14-16(17)26/h4,7-8,12-13,16-17,31,33H,9-11,14H2,1-3H3,(H,30,37)/t16-,17+/m0/s1. The van der Waals surface area contributed by atoms with E-state index < -0.39 is 17.7 Å². The van der Waals surface area contributed by atoms with E-state index in [4.69, 9.17) is 4.74 Å². The molecular formula is C25H27F4N7O2S. The van der Waals surface area contributed by atoms with Gasteiger partial charge in [0.2, 0.25) is 5.88 Å². The number of likely N-dealkylation sites (tertiary alicyclic amines) is 1. The Hall–Kier alpha value is -3.70. The summed E-state index contributed by atoms with van der Waals surface area (Å²) in [5.41, 5.74) is -3.76. The van der Waals surface area contributed by atoms with Gasteiger partial charge in [-0.2, -0.15) is 18.3 Å². The Bertz CT molecular complexity index is 1400. The Labute approximate surface area is 226 Å². The minimum Gasteiger partial charge on any atom is -0.480 e. The number of halogens is 4. The van der Waals surface area contributed by atoms with Crippen molar-refractivity contribution in [1.29, 1.82) is 0 Å². The third-order valence-corrected chi connectivity index (χ3v) is 6.85. The normalized spacial score (nSPS) is 17.8. The first-order valence-electron chi connectivity index (χ1n) is 11.9. The number of piperidine rings is 1. The van der Waals surface area contributed by atoms with Crippen molar-refractivity contribution >= 4 is 34.7 Å². The van der Waals surface area contributed by atoms with Gasteiger partial charge in [0.15, 0.2) is 0 Å². The average molecular weight is 566 g/mol. The summed E-state index contributed by atoms with van der Waals surface area (Å²) in [5, 5.41) is 12.9. The van der Waals surface area contributed by atoms with Crippen molar-refractivity contribution in [1.82, 2.24) is 24.8 Å². The number of fused-ring (bicyclic) bond motifs is 1. The van der Waals surface area contributed by atoms with Crippen molar-refractivity contribution in [3.8, 4) is 17.7 Å². The molecule has 1 amide bonds. The Balaban J connectivity index is 1.61. The fraction of sp³-hybridized carbons (Fsp3) is 0.400. The second-order valence-electron chi connectivity index (χ2n) is 8.77. The van der Waals surface area contributed by atoms with E-state index in [9.17, 15) is 22.4 Å². The highest BCUT2D eigenvalue weighted by atomic mass is 32.2. The van der Waals surface area contributed by atoms with Gasteiger partial charge in [0, 0.05) is 26.3 Å². The number of nitrogens with one attached hydrogen (secondary N) is 3. The van der Waals surface area contributed by atoms with Gasteiger partial charge in [-0.3, -0.25) is 4.79 Å². The number of pyridine rings is 2. The van der Waals surface area contributed by atoms with Gasteiger partial charge in [-0.25, -0.2) is 13.9 Å². The second kappa shape index (κ2) is 12.0. The minimum absolute atomic E-state index is 0.00344. The smallest absolute Gasteiger partial charge is 0.446 e. The number of nitrogens with zero attached hydrogens (tertiary/aromatic N) is 4. The largest absolute Gasteiger partial charge is 0.480 e. The molecule has 0 aromatic carbocycles. The summed E-state index contributed by atoms with van der Waals surface area (Å²) < 4.78 is 61.5. The third kappa shape index (κ3) is 6.85. The first kappa shape index (κ1) is 28.3. The van der Waals surface area contributed by atoms with Crippen LogP contribution in [0.1, 0.15) is 22.5 Å². The number of methoxy groups -OCH3 is 1. The van der Waals surface area contributed by atoms with E-state index >= 15 is 0 Å². The lowest BCUT2D eigenvalue weighted by atomic mass is 10.0. The summed E-state index contributed by atoms with van der Waals surface area (Å²) in [7, 11) is 4.74. The molecule has 0 radical (unpaired) electrons. The molecule has 39 heavy (non-hydrogen) atoms. The van der Waals surface area contributed by atoms with Crippen LogP contribution in [0.25, 0.3) is 5.52 Å². The first-order chi connectivity index (χ1) is 18.6. The molecule has 3 aromatic heterocycles. The summed E-state index contributed by atoms with van der Waals surface area (Å²) >= 11 is -0.302. The van der Waals surface area contributed by atoms with Crippen LogP contribution in [0.15, 0.2) is 35.4 Å². The maximum Gasteiger partial charge on any atom is 0.446 e. The van der Waals surface area contributed by atoms with Gasteiger partial charge in [0.25, 0.3) is 5.91 Å². The number of rotatable bonds is 7. The van der Waals surface area contributed by atoms with Gasteiger partial charge in [-0.1, -0.05) is 12.0 Å². The summed E-state index contributed by atoms with van der Waals surface area (Å²) in [5.74, 6) is 5.74. The van der Waals surface area contributed by atoms with Crippen molar-refractivity contribution < 1.29 is 27.1 Å². The first-order valence-corrected chi connectivity index (χ1v) is 12.8. The third-order valence-electron chi connectivity index (χ3n) is 6.02. The molecule has 3 N–H and O–H groups in total. The molecule has 1 aliphatic rings. The van der Waals surface area contributed by atoms with E-state index in [1.54, 1.807) is 12.1 Å². The maximum atomic E-state index is 14.6. The highest BCUT2D eigenvalue weighted by molar-refractivity contribution is 8.00. The van der Waals surface area contributed by atoms with Crippen molar-refractivity contribution in [3.63, 3.8) is 0 Å². The number of alkyl halides is 4. The molecule has 208 valence electrons. The number of hydrogen-bond acceptors (Lipinski definition) is 8. The Kier molecular flexibility index (Phi) is 8.71. The molecular weight excluding hydrogens is 538 g/mol. The van der Waals surface area contributed by atoms with E-state index in [1.165, 1.54) is 37.0 Å². The van der Waals surface area contributed by atoms with E-state index in [2.05, 4.69) is 37.9 Å². The predicted molar refractivity (Wildman–Crippen MR) is 141 cm³/mol. The van der Waals surface area contributed by atoms with Gasteiger partial charge in [-0.15, -0.1) is 0 Å². The number of carbonyl (C=O) groups excluding carboxylic acids is 1. The van der Waals surface area contributed by atoms with Gasteiger partial charge < -0.3 is 25.6 Å². The van der Waals surface area contributed by atoms with Crippen LogP contribution in [0.2, 0.25) is 0 Å². The molecule has 1 saturated heterocycles. The molecule has 9 nitrogen and oxygen atoms in total. The average Bonchev–Trinajstić information content (AvgIpc) is 3.24. The van der Waals surface area contributed by atoms with Gasteiger partial charge in [-0.05, 0) is 49.3 Å². The summed E-state index contributed by atoms with van der Waals surface area (Å²) in [4.78, 5) is 17.7. The number of carbonyl (C=O) groups is 1. The van der Waals surface area contributed by atoms with E-state index in [1.807, 2.05) is 11.9 Å². The van der Waals surface area contributed by atoms with Gasteiger partial charge in [0.1, 0.15) is 17.7 Å². The van der Waals surface area contributed by atoms with E-state index in [0.29, 0.717) is 24.5 Å². The van der Waals surface area contributed by atoms with Crippen LogP contribution in [-0.4, -0.2) is 84.0 Å². The molecule has 4 heterocycles. The van der Waals surface area contributed by atoms with Crippen molar-refractivity contribution in [2.75, 3.05) is 51.5 Å². The Morgan fingerprint density at radius 1 is 1.33 bits per heavy atom. The Morgan fingerprint density at radius 2 is 2.13 bits per heavy atom. The molecule has 0 bridgehead atoms. The number of aromatic nitrogens is 3. The number of thioether (sulfide) groups is 1. The highest BCUT2D eigenvalue weighted by Crippen LogP contribution is 2.41. The molecule has 0 saturated carbocycles. The molecule has 3 aromatic rings. The van der Waals surface area contributed by atoms with Crippen molar-refractivity contribution in [3.05, 3.63) is 41.7 Å².